The summed E-state index contributed by atoms with van der Waals surface area (Å²) in [7, 11) is 1.97. The molecule has 2 aliphatic heterocycles. The number of aliphatic hydroxyl groups is 1. The SMILES string of the molecule is CN1CC(C)([C@@](O)(c2ccc(OC3CCOCC3)cc2)c2ccc(OC(F)(F)F)cc2)C1. The van der Waals surface area contributed by atoms with Gasteiger partial charge in [-0.15, -0.1) is 13.2 Å². The van der Waals surface area contributed by atoms with Crippen LogP contribution in [0.25, 0.3) is 0 Å². The molecule has 0 spiro atoms. The Morgan fingerprint density at radius 1 is 0.938 bits per heavy atom. The summed E-state index contributed by atoms with van der Waals surface area (Å²) in [6, 6.07) is 12.8. The topological polar surface area (TPSA) is 51.2 Å². The van der Waals surface area contributed by atoms with Crippen LogP contribution >= 0.6 is 0 Å². The first-order valence-corrected chi connectivity index (χ1v) is 10.7. The number of alkyl halides is 3. The van der Waals surface area contributed by atoms with Crippen molar-refractivity contribution in [1.29, 1.82) is 0 Å². The maximum Gasteiger partial charge on any atom is 0.573 e. The van der Waals surface area contributed by atoms with Gasteiger partial charge in [-0.1, -0.05) is 31.2 Å². The van der Waals surface area contributed by atoms with E-state index in [0.717, 1.165) is 12.8 Å². The molecule has 0 amide bonds. The lowest BCUT2D eigenvalue weighted by Gasteiger charge is -2.56. The standard InChI is InChI=1S/C24H28F3NO4/c1-22(15-28(2)16-22)23(29,18-5-9-21(10-6-18)32-24(25,26)27)17-3-7-19(8-4-17)31-20-11-13-30-14-12-20/h3-10,20,29H,11-16H2,1-2H3/t23-/m1/s1. The molecule has 1 N–H and O–H groups in total. The molecule has 0 bridgehead atoms. The smallest absolute Gasteiger partial charge is 0.490 e. The second kappa shape index (κ2) is 8.57. The summed E-state index contributed by atoms with van der Waals surface area (Å²) in [4.78, 5) is 2.09. The van der Waals surface area contributed by atoms with Gasteiger partial charge in [0, 0.05) is 31.3 Å². The van der Waals surface area contributed by atoms with E-state index < -0.39 is 17.4 Å². The third kappa shape index (κ3) is 4.58. The summed E-state index contributed by atoms with van der Waals surface area (Å²) in [6.07, 6.45) is -2.99. The van der Waals surface area contributed by atoms with Crippen LogP contribution < -0.4 is 9.47 Å². The predicted octanol–water partition coefficient (Wildman–Crippen LogP) is 4.33. The quantitative estimate of drug-likeness (QED) is 0.709. The Hall–Kier alpha value is -2.29. The molecule has 2 aromatic rings. The third-order valence-electron chi connectivity index (χ3n) is 6.36. The van der Waals surface area contributed by atoms with Gasteiger partial charge in [0.05, 0.1) is 13.2 Å². The molecule has 0 aromatic heterocycles. The summed E-state index contributed by atoms with van der Waals surface area (Å²) >= 11 is 0. The molecular formula is C24H28F3NO4. The van der Waals surface area contributed by atoms with Gasteiger partial charge in [-0.05, 0) is 42.4 Å². The van der Waals surface area contributed by atoms with Crippen molar-refractivity contribution in [2.24, 2.45) is 5.41 Å². The Morgan fingerprint density at radius 3 is 1.91 bits per heavy atom. The molecule has 5 nitrogen and oxygen atoms in total. The van der Waals surface area contributed by atoms with Crippen molar-refractivity contribution in [1.82, 2.24) is 4.90 Å². The number of hydrogen-bond acceptors (Lipinski definition) is 5. The van der Waals surface area contributed by atoms with Crippen LogP contribution in [-0.4, -0.2) is 55.8 Å². The zero-order valence-electron chi connectivity index (χ0n) is 18.2. The second-order valence-corrected chi connectivity index (χ2v) is 8.97. The monoisotopic (exact) mass is 451 g/mol. The van der Waals surface area contributed by atoms with Gasteiger partial charge in [0.15, 0.2) is 0 Å². The molecule has 1 atom stereocenters. The molecule has 2 aromatic carbocycles. The van der Waals surface area contributed by atoms with Crippen molar-refractivity contribution in [2.45, 2.75) is 37.8 Å². The minimum atomic E-state index is -4.76. The molecule has 4 rings (SSSR count). The molecule has 2 aliphatic rings. The van der Waals surface area contributed by atoms with Gasteiger partial charge in [-0.25, -0.2) is 0 Å². The fourth-order valence-electron chi connectivity index (χ4n) is 4.90. The fraction of sp³-hybridized carbons (Fsp3) is 0.500. The summed E-state index contributed by atoms with van der Waals surface area (Å²) in [5.41, 5.74) is -0.734. The average Bonchev–Trinajstić information content (AvgIpc) is 2.73. The van der Waals surface area contributed by atoms with E-state index in [9.17, 15) is 18.3 Å². The van der Waals surface area contributed by atoms with Crippen molar-refractivity contribution in [2.75, 3.05) is 33.4 Å². The van der Waals surface area contributed by atoms with Gasteiger partial charge in [-0.3, -0.25) is 0 Å². The minimum Gasteiger partial charge on any atom is -0.490 e. The van der Waals surface area contributed by atoms with Crippen LogP contribution in [0.4, 0.5) is 13.2 Å². The number of rotatable bonds is 6. The molecule has 2 fully saturated rings. The highest BCUT2D eigenvalue weighted by Gasteiger charge is 2.55. The molecule has 0 saturated carbocycles. The van der Waals surface area contributed by atoms with Crippen molar-refractivity contribution >= 4 is 0 Å². The van der Waals surface area contributed by atoms with Gasteiger partial charge in [0.25, 0.3) is 0 Å². The van der Waals surface area contributed by atoms with Crippen molar-refractivity contribution in [3.05, 3.63) is 59.7 Å². The van der Waals surface area contributed by atoms with Gasteiger partial charge in [0.2, 0.25) is 0 Å². The van der Waals surface area contributed by atoms with Crippen LogP contribution in [0, 0.1) is 5.41 Å². The lowest BCUT2D eigenvalue weighted by molar-refractivity contribution is -0.274. The first-order valence-electron chi connectivity index (χ1n) is 10.7. The lowest BCUT2D eigenvalue weighted by Crippen LogP contribution is -2.63. The summed E-state index contributed by atoms with van der Waals surface area (Å²) in [5, 5.41) is 12.0. The molecular weight excluding hydrogens is 423 g/mol. The van der Waals surface area contributed by atoms with Gasteiger partial charge in [0.1, 0.15) is 23.2 Å². The Labute approximate surface area is 185 Å². The highest BCUT2D eigenvalue weighted by Crippen LogP contribution is 2.50. The summed E-state index contributed by atoms with van der Waals surface area (Å²) < 4.78 is 53.0. The van der Waals surface area contributed by atoms with E-state index in [1.807, 2.05) is 38.2 Å². The average molecular weight is 451 g/mol. The Kier molecular flexibility index (Phi) is 6.13. The molecule has 0 unspecified atom stereocenters. The Balaban J connectivity index is 1.62. The van der Waals surface area contributed by atoms with Crippen molar-refractivity contribution in [3.8, 4) is 11.5 Å². The summed E-state index contributed by atoms with van der Waals surface area (Å²) in [6.45, 7) is 4.64. The lowest BCUT2D eigenvalue weighted by atomic mass is 9.62. The molecule has 2 saturated heterocycles. The molecule has 8 heteroatoms. The molecule has 0 radical (unpaired) electrons. The first kappa shape index (κ1) is 22.9. The Bertz CT molecular complexity index is 904. The van der Waals surface area contributed by atoms with Crippen LogP contribution in [0.15, 0.2) is 48.5 Å². The van der Waals surface area contributed by atoms with E-state index in [4.69, 9.17) is 9.47 Å². The number of likely N-dealkylation sites (tertiary alicyclic amines) is 1. The van der Waals surface area contributed by atoms with E-state index in [0.29, 0.717) is 43.2 Å². The first-order chi connectivity index (χ1) is 15.1. The zero-order chi connectivity index (χ0) is 23.0. The predicted molar refractivity (Wildman–Crippen MR) is 113 cm³/mol. The largest absolute Gasteiger partial charge is 0.573 e. The summed E-state index contributed by atoms with van der Waals surface area (Å²) in [5.74, 6) is 0.396. The second-order valence-electron chi connectivity index (χ2n) is 8.97. The van der Waals surface area contributed by atoms with Gasteiger partial charge < -0.3 is 24.2 Å². The van der Waals surface area contributed by atoms with Crippen molar-refractivity contribution in [3.63, 3.8) is 0 Å². The third-order valence-corrected chi connectivity index (χ3v) is 6.36. The number of benzene rings is 2. The van der Waals surface area contributed by atoms with Crippen LogP contribution in [0.2, 0.25) is 0 Å². The maximum atomic E-state index is 12.5. The molecule has 0 aliphatic carbocycles. The van der Waals surface area contributed by atoms with E-state index in [1.54, 1.807) is 0 Å². The molecule has 174 valence electrons. The van der Waals surface area contributed by atoms with E-state index in [1.165, 1.54) is 24.3 Å². The maximum absolute atomic E-state index is 12.5. The highest BCUT2D eigenvalue weighted by molar-refractivity contribution is 5.44. The van der Waals surface area contributed by atoms with Gasteiger partial charge in [-0.2, -0.15) is 0 Å². The van der Waals surface area contributed by atoms with E-state index in [2.05, 4.69) is 9.64 Å². The van der Waals surface area contributed by atoms with Crippen LogP contribution in [0.3, 0.4) is 0 Å². The number of halogens is 3. The van der Waals surface area contributed by atoms with Crippen LogP contribution in [-0.2, 0) is 10.3 Å². The van der Waals surface area contributed by atoms with Crippen LogP contribution in [0.5, 0.6) is 11.5 Å². The normalized spacial score (nSPS) is 21.4. The fourth-order valence-corrected chi connectivity index (χ4v) is 4.90. The Morgan fingerprint density at radius 2 is 1.44 bits per heavy atom. The van der Waals surface area contributed by atoms with Crippen molar-refractivity contribution < 1.29 is 32.5 Å². The van der Waals surface area contributed by atoms with Crippen LogP contribution in [0.1, 0.15) is 30.9 Å². The van der Waals surface area contributed by atoms with E-state index in [-0.39, 0.29) is 11.9 Å². The van der Waals surface area contributed by atoms with Gasteiger partial charge >= 0.3 is 6.36 Å². The molecule has 32 heavy (non-hydrogen) atoms. The number of ether oxygens (including phenoxy) is 3. The minimum absolute atomic E-state index is 0.104. The highest BCUT2D eigenvalue weighted by atomic mass is 19.4. The van der Waals surface area contributed by atoms with E-state index >= 15 is 0 Å². The number of nitrogens with zero attached hydrogens (tertiary/aromatic N) is 1. The zero-order valence-corrected chi connectivity index (χ0v) is 18.2. The number of hydrogen-bond donors (Lipinski definition) is 1. The molecule has 2 heterocycles.